The molecule has 0 amide bonds. The Balaban J connectivity index is 0.000000222. The van der Waals surface area contributed by atoms with Gasteiger partial charge in [0.2, 0.25) is 0 Å². The van der Waals surface area contributed by atoms with E-state index in [1.165, 1.54) is 14.0 Å². The first kappa shape index (κ1) is 23.2. The molecule has 3 unspecified atom stereocenters. The topological polar surface area (TPSA) is 122 Å². The summed E-state index contributed by atoms with van der Waals surface area (Å²) in [5.74, 6) is -3.30. The van der Waals surface area contributed by atoms with Gasteiger partial charge in [-0.05, 0) is 20.3 Å². The maximum atomic E-state index is 11.5. The minimum Gasteiger partial charge on any atom is -0.423 e. The molecule has 162 valence electrons. The molecule has 0 bridgehead atoms. The minimum absolute atomic E-state index is 0.0418. The molecule has 0 radical (unpaired) electrons. The molecule has 0 aliphatic carbocycles. The van der Waals surface area contributed by atoms with Crippen LogP contribution in [0.1, 0.15) is 40.5 Å². The fraction of sp³-hybridized carbons (Fsp3) is 0.476. The molecule has 9 heteroatoms. The fourth-order valence-corrected chi connectivity index (χ4v) is 3.31. The van der Waals surface area contributed by atoms with Gasteiger partial charge < -0.3 is 18.9 Å². The molecule has 1 fully saturated rings. The lowest BCUT2D eigenvalue weighted by atomic mass is 9.90. The van der Waals surface area contributed by atoms with Gasteiger partial charge in [-0.25, -0.2) is 14.4 Å². The summed E-state index contributed by atoms with van der Waals surface area (Å²) < 4.78 is 18.9. The van der Waals surface area contributed by atoms with E-state index in [4.69, 9.17) is 9.47 Å². The number of ether oxygens (including phenoxy) is 4. The third-order valence-electron chi connectivity index (χ3n) is 5.37. The maximum Gasteiger partial charge on any atom is 0.342 e. The van der Waals surface area contributed by atoms with Gasteiger partial charge in [-0.1, -0.05) is 20.4 Å². The first-order valence-corrected chi connectivity index (χ1v) is 9.39. The summed E-state index contributed by atoms with van der Waals surface area (Å²) in [6, 6.07) is 0. The van der Waals surface area contributed by atoms with Crippen molar-refractivity contribution in [1.82, 2.24) is 0 Å². The van der Waals surface area contributed by atoms with Crippen molar-refractivity contribution in [3.63, 3.8) is 0 Å². The Morgan fingerprint density at radius 3 is 1.83 bits per heavy atom. The number of hydrogen-bond acceptors (Lipinski definition) is 9. The Morgan fingerprint density at radius 1 is 0.900 bits per heavy atom. The van der Waals surface area contributed by atoms with Crippen LogP contribution in [0.2, 0.25) is 0 Å². The number of hydrogen-bond donors (Lipinski definition) is 0. The number of carbonyl (C=O) groups is 5. The molecular weight excluding hydrogens is 396 g/mol. The molecule has 3 heterocycles. The summed E-state index contributed by atoms with van der Waals surface area (Å²) in [4.78, 5) is 56.3. The molecule has 30 heavy (non-hydrogen) atoms. The lowest BCUT2D eigenvalue weighted by Crippen LogP contribution is -2.30. The van der Waals surface area contributed by atoms with E-state index in [1.54, 1.807) is 13.8 Å². The Hall–Kier alpha value is -3.07. The summed E-state index contributed by atoms with van der Waals surface area (Å²) >= 11 is 0. The maximum absolute atomic E-state index is 11.5. The first-order chi connectivity index (χ1) is 14.0. The van der Waals surface area contributed by atoms with Gasteiger partial charge in [0, 0.05) is 30.2 Å². The zero-order valence-electron chi connectivity index (χ0n) is 17.5. The molecule has 1 saturated heterocycles. The molecule has 0 aromatic rings. The van der Waals surface area contributed by atoms with Crippen molar-refractivity contribution in [2.75, 3.05) is 7.11 Å². The zero-order valence-corrected chi connectivity index (χ0v) is 17.5. The van der Waals surface area contributed by atoms with Crippen molar-refractivity contribution >= 4 is 29.8 Å². The van der Waals surface area contributed by atoms with Crippen LogP contribution in [-0.4, -0.2) is 43.1 Å². The van der Waals surface area contributed by atoms with Gasteiger partial charge in [0.05, 0.1) is 23.5 Å². The van der Waals surface area contributed by atoms with E-state index in [9.17, 15) is 24.0 Å². The molecule has 3 aliphatic heterocycles. The summed E-state index contributed by atoms with van der Waals surface area (Å²) in [6.45, 7) is 10.3. The molecule has 3 atom stereocenters. The molecule has 0 spiro atoms. The third kappa shape index (κ3) is 4.40. The van der Waals surface area contributed by atoms with E-state index in [0.29, 0.717) is 17.6 Å². The van der Waals surface area contributed by atoms with E-state index in [1.807, 2.05) is 6.92 Å². The van der Waals surface area contributed by atoms with E-state index >= 15 is 0 Å². The number of rotatable bonds is 5. The monoisotopic (exact) mass is 420 g/mol. The third-order valence-corrected chi connectivity index (χ3v) is 5.37. The highest BCUT2D eigenvalue weighted by Crippen LogP contribution is 2.32. The van der Waals surface area contributed by atoms with Crippen LogP contribution >= 0.6 is 0 Å². The summed E-state index contributed by atoms with van der Waals surface area (Å²) in [6.07, 6.45) is 0.530. The van der Waals surface area contributed by atoms with E-state index in [2.05, 4.69) is 16.1 Å². The molecule has 0 saturated carbocycles. The Kier molecular flexibility index (Phi) is 7.09. The minimum atomic E-state index is -0.696. The molecule has 3 aliphatic rings. The number of allylic oxidation sites excluding steroid dienone is 1. The second kappa shape index (κ2) is 9.17. The van der Waals surface area contributed by atoms with Gasteiger partial charge in [-0.15, -0.1) is 0 Å². The largest absolute Gasteiger partial charge is 0.423 e. The zero-order chi connectivity index (χ0) is 22.7. The summed E-state index contributed by atoms with van der Waals surface area (Å²) in [7, 11) is 1.54. The molecule has 0 aromatic heterocycles. The van der Waals surface area contributed by atoms with Gasteiger partial charge >= 0.3 is 29.8 Å². The van der Waals surface area contributed by atoms with Gasteiger partial charge in [0.1, 0.15) is 5.76 Å². The van der Waals surface area contributed by atoms with Crippen LogP contribution in [0.3, 0.4) is 0 Å². The molecule has 0 N–H and O–H groups in total. The fourth-order valence-electron chi connectivity index (χ4n) is 3.31. The van der Waals surface area contributed by atoms with Gasteiger partial charge in [-0.3, -0.25) is 9.59 Å². The van der Waals surface area contributed by atoms with Crippen LogP contribution in [0.5, 0.6) is 0 Å². The lowest BCUT2D eigenvalue weighted by molar-refractivity contribution is -0.155. The second-order valence-corrected chi connectivity index (χ2v) is 7.11. The van der Waals surface area contributed by atoms with Crippen LogP contribution in [0.15, 0.2) is 34.6 Å². The number of cyclic esters (lactones) is 5. The van der Waals surface area contributed by atoms with Crippen molar-refractivity contribution in [3.8, 4) is 0 Å². The molecule has 3 rings (SSSR count). The van der Waals surface area contributed by atoms with Crippen LogP contribution in [0, 0.1) is 11.8 Å². The van der Waals surface area contributed by atoms with Gasteiger partial charge in [0.25, 0.3) is 0 Å². The first-order valence-electron chi connectivity index (χ1n) is 9.39. The highest BCUT2D eigenvalue weighted by atomic mass is 16.6. The van der Waals surface area contributed by atoms with Crippen LogP contribution in [0.4, 0.5) is 0 Å². The lowest BCUT2D eigenvalue weighted by Gasteiger charge is -2.19. The molecule has 0 aromatic carbocycles. The van der Waals surface area contributed by atoms with Crippen molar-refractivity contribution < 1.29 is 42.9 Å². The Labute approximate surface area is 173 Å². The molecular formula is C21H24O9. The standard InChI is InChI=1S/C12H10O5.C9H14O4/c1-5-7(3)16-11(14)8(5)4-9-6(2)10(13)17-12(9)15;1-4-6(12-3)7-5(2)8(10)13-9(7)11/h3-4H2,1-2H3;5-7H,4H2,1-3H3. The van der Waals surface area contributed by atoms with Gasteiger partial charge in [-0.2, -0.15) is 0 Å². The average Bonchev–Trinajstić information content (AvgIpc) is 3.19. The van der Waals surface area contributed by atoms with Crippen molar-refractivity contribution in [2.45, 2.75) is 46.6 Å². The van der Waals surface area contributed by atoms with Gasteiger partial charge in [0.15, 0.2) is 0 Å². The van der Waals surface area contributed by atoms with Crippen molar-refractivity contribution in [3.05, 3.63) is 34.6 Å². The van der Waals surface area contributed by atoms with Crippen LogP contribution < -0.4 is 0 Å². The predicted octanol–water partition coefficient (Wildman–Crippen LogP) is 1.91. The number of esters is 5. The average molecular weight is 420 g/mol. The number of methoxy groups -OCH3 is 1. The highest BCUT2D eigenvalue weighted by molar-refractivity contribution is 6.13. The summed E-state index contributed by atoms with van der Waals surface area (Å²) in [5.41, 5.74) is 1.38. The van der Waals surface area contributed by atoms with E-state index in [0.717, 1.165) is 0 Å². The second-order valence-electron chi connectivity index (χ2n) is 7.11. The van der Waals surface area contributed by atoms with Crippen molar-refractivity contribution in [2.24, 2.45) is 11.8 Å². The summed E-state index contributed by atoms with van der Waals surface area (Å²) in [5, 5.41) is 0. The van der Waals surface area contributed by atoms with E-state index in [-0.39, 0.29) is 35.3 Å². The van der Waals surface area contributed by atoms with Crippen LogP contribution in [-0.2, 0) is 42.9 Å². The number of carbonyl (C=O) groups excluding carboxylic acids is 5. The Morgan fingerprint density at radius 2 is 1.47 bits per heavy atom. The van der Waals surface area contributed by atoms with Crippen molar-refractivity contribution in [1.29, 1.82) is 0 Å². The van der Waals surface area contributed by atoms with E-state index < -0.39 is 35.8 Å². The highest BCUT2D eigenvalue weighted by Gasteiger charge is 2.45. The SMILES string of the molecule is C=C1OC(=O)C(CC2=C(C)C(=O)OC2=O)=C1C.CCC(OC)C1C(=O)OC(=O)C1C. The molecule has 9 nitrogen and oxygen atoms in total. The smallest absolute Gasteiger partial charge is 0.342 e. The Bertz CT molecular complexity index is 838. The van der Waals surface area contributed by atoms with Crippen LogP contribution in [0.25, 0.3) is 0 Å². The predicted molar refractivity (Wildman–Crippen MR) is 101 cm³/mol. The quantitative estimate of drug-likeness (QED) is 0.373. The normalized spacial score (nSPS) is 24.7.